The third-order valence-corrected chi connectivity index (χ3v) is 6.91. The van der Waals surface area contributed by atoms with Crippen molar-refractivity contribution in [3.63, 3.8) is 0 Å². The Bertz CT molecular complexity index is 1080. The Morgan fingerprint density at radius 2 is 1.11 bits per heavy atom. The number of hydrogen-bond donors (Lipinski definition) is 2. The number of carbonyl (C=O) groups is 2. The Labute approximate surface area is 284 Å². The predicted molar refractivity (Wildman–Crippen MR) is 193 cm³/mol. The van der Waals surface area contributed by atoms with E-state index in [0.717, 1.165) is 70.6 Å². The van der Waals surface area contributed by atoms with Crippen molar-refractivity contribution < 1.29 is 37.9 Å². The lowest BCUT2D eigenvalue weighted by Gasteiger charge is -2.18. The molecule has 9 heteroatoms. The fourth-order valence-corrected chi connectivity index (χ4v) is 4.31. The van der Waals surface area contributed by atoms with E-state index < -0.39 is 32.5 Å². The second kappa shape index (κ2) is 32.9. The lowest BCUT2D eigenvalue weighted by atomic mass is 10.1. The highest BCUT2D eigenvalue weighted by atomic mass is 31.2. The van der Waals surface area contributed by atoms with E-state index in [1.165, 1.54) is 0 Å². The average Bonchev–Trinajstić information content (AvgIpc) is 3.03. The van der Waals surface area contributed by atoms with Crippen LogP contribution in [0.5, 0.6) is 0 Å². The SMILES string of the molecule is CC/C=C/C=C/C=C/CCCCCCCC(=O)OC(COC(=O)CC/C=C/C/C=C/C/C=C/C/C=C/C/C=C/CC)COP(=O)(O)O. The fraction of sp³-hybridized carbons (Fsp3) is 0.526. The van der Waals surface area contributed by atoms with Crippen molar-refractivity contribution in [1.29, 1.82) is 0 Å². The number of unbranched alkanes of at least 4 members (excludes halogenated alkanes) is 5. The number of phosphoric ester groups is 1. The molecule has 1 unspecified atom stereocenters. The lowest BCUT2D eigenvalue weighted by molar-refractivity contribution is -0.161. The molecule has 8 nitrogen and oxygen atoms in total. The van der Waals surface area contributed by atoms with Crippen LogP contribution in [-0.4, -0.2) is 41.0 Å². The number of phosphoric acid groups is 1. The van der Waals surface area contributed by atoms with Gasteiger partial charge in [0.05, 0.1) is 6.61 Å². The van der Waals surface area contributed by atoms with Crippen LogP contribution >= 0.6 is 7.82 Å². The topological polar surface area (TPSA) is 119 Å². The standard InChI is InChI=1S/C38H59O8P/c1-3-5-7-9-11-13-15-17-18-19-21-22-24-26-28-30-32-37(39)44-34-36(35-45-47(41,42)43)46-38(40)33-31-29-27-25-23-20-16-14-12-10-8-6-4-2/h5-8,10-14,16-18,21-22,26,28,36H,3-4,9,15,19-20,23-25,27,29-35H2,1-2H3,(H2,41,42,43)/b7-5+,8-6+,12-10+,13-11+,16-14+,18-17+,22-21+,28-26+. The number of hydrogen-bond acceptors (Lipinski definition) is 6. The monoisotopic (exact) mass is 674 g/mol. The molecule has 0 aliphatic heterocycles. The van der Waals surface area contributed by atoms with Gasteiger partial charge in [-0.3, -0.25) is 14.1 Å². The van der Waals surface area contributed by atoms with E-state index in [-0.39, 0.29) is 19.4 Å². The lowest BCUT2D eigenvalue weighted by Crippen LogP contribution is -2.29. The molecule has 0 spiro atoms. The minimum absolute atomic E-state index is 0.132. The molecule has 264 valence electrons. The summed E-state index contributed by atoms with van der Waals surface area (Å²) in [5.41, 5.74) is 0. The van der Waals surface area contributed by atoms with Crippen molar-refractivity contribution in [2.24, 2.45) is 0 Å². The largest absolute Gasteiger partial charge is 0.469 e. The van der Waals surface area contributed by atoms with Gasteiger partial charge in [0.25, 0.3) is 0 Å². The second-order valence-corrected chi connectivity index (χ2v) is 12.0. The van der Waals surface area contributed by atoms with Crippen LogP contribution in [0.2, 0.25) is 0 Å². The summed E-state index contributed by atoms with van der Waals surface area (Å²) >= 11 is 0. The summed E-state index contributed by atoms with van der Waals surface area (Å²) in [7, 11) is -4.77. The molecule has 2 N–H and O–H groups in total. The van der Waals surface area contributed by atoms with Gasteiger partial charge in [-0.2, -0.15) is 0 Å². The Hall–Kier alpha value is -3.03. The van der Waals surface area contributed by atoms with Crippen LogP contribution in [0.4, 0.5) is 0 Å². The zero-order valence-corrected chi connectivity index (χ0v) is 29.5. The zero-order valence-electron chi connectivity index (χ0n) is 28.6. The Morgan fingerprint density at radius 3 is 1.70 bits per heavy atom. The van der Waals surface area contributed by atoms with Gasteiger partial charge >= 0.3 is 19.8 Å². The van der Waals surface area contributed by atoms with Crippen molar-refractivity contribution >= 4 is 19.8 Å². The molecule has 1 atom stereocenters. The summed E-state index contributed by atoms with van der Waals surface area (Å²) in [6.45, 7) is 3.31. The van der Waals surface area contributed by atoms with E-state index in [1.807, 2.05) is 36.5 Å². The normalized spacial score (nSPS) is 13.7. The van der Waals surface area contributed by atoms with Crippen LogP contribution in [0.15, 0.2) is 97.2 Å². The van der Waals surface area contributed by atoms with E-state index in [1.54, 1.807) is 0 Å². The van der Waals surface area contributed by atoms with Crippen LogP contribution < -0.4 is 0 Å². The first-order valence-electron chi connectivity index (χ1n) is 17.1. The van der Waals surface area contributed by atoms with Crippen LogP contribution in [0.3, 0.4) is 0 Å². The van der Waals surface area contributed by atoms with Crippen LogP contribution in [-0.2, 0) is 28.2 Å². The van der Waals surface area contributed by atoms with Gasteiger partial charge in [-0.25, -0.2) is 4.57 Å². The Balaban J connectivity index is 4.20. The first-order chi connectivity index (χ1) is 22.8. The van der Waals surface area contributed by atoms with Gasteiger partial charge < -0.3 is 19.3 Å². The molecule has 0 radical (unpaired) electrons. The number of allylic oxidation sites excluding steroid dienone is 16. The molecule has 0 aliphatic carbocycles. The molecule has 0 saturated carbocycles. The highest BCUT2D eigenvalue weighted by molar-refractivity contribution is 7.46. The van der Waals surface area contributed by atoms with Crippen molar-refractivity contribution in [2.45, 2.75) is 116 Å². The average molecular weight is 675 g/mol. The molecular weight excluding hydrogens is 615 g/mol. The molecule has 0 bridgehead atoms. The summed E-state index contributed by atoms with van der Waals surface area (Å²) in [5, 5.41) is 0. The van der Waals surface area contributed by atoms with E-state index in [4.69, 9.17) is 19.3 Å². The van der Waals surface area contributed by atoms with Crippen LogP contribution in [0.25, 0.3) is 0 Å². The number of esters is 2. The van der Waals surface area contributed by atoms with E-state index >= 15 is 0 Å². The highest BCUT2D eigenvalue weighted by Crippen LogP contribution is 2.35. The predicted octanol–water partition coefficient (Wildman–Crippen LogP) is 9.89. The number of carbonyl (C=O) groups excluding carboxylic acids is 2. The van der Waals surface area contributed by atoms with Gasteiger partial charge in [-0.1, -0.05) is 130 Å². The van der Waals surface area contributed by atoms with Gasteiger partial charge in [0.2, 0.25) is 0 Å². The number of rotatable bonds is 29. The molecule has 0 rings (SSSR count). The van der Waals surface area contributed by atoms with Gasteiger partial charge in [-0.15, -0.1) is 0 Å². The van der Waals surface area contributed by atoms with Crippen molar-refractivity contribution in [1.82, 2.24) is 0 Å². The second-order valence-electron chi connectivity index (χ2n) is 10.8. The van der Waals surface area contributed by atoms with Gasteiger partial charge in [0.1, 0.15) is 6.61 Å². The first kappa shape index (κ1) is 44.0. The van der Waals surface area contributed by atoms with Gasteiger partial charge in [-0.05, 0) is 64.2 Å². The molecule has 0 fully saturated rings. The van der Waals surface area contributed by atoms with Crippen LogP contribution in [0, 0.1) is 0 Å². The molecule has 0 aromatic rings. The summed E-state index contributed by atoms with van der Waals surface area (Å²) in [5.74, 6) is -1.02. The van der Waals surface area contributed by atoms with Crippen LogP contribution in [0.1, 0.15) is 110 Å². The van der Waals surface area contributed by atoms with E-state index in [9.17, 15) is 14.2 Å². The minimum atomic E-state index is -4.77. The molecule has 0 aromatic carbocycles. The summed E-state index contributed by atoms with van der Waals surface area (Å²) < 4.78 is 26.1. The maximum atomic E-state index is 12.3. The molecule has 0 saturated heterocycles. The van der Waals surface area contributed by atoms with Crippen molar-refractivity contribution in [3.8, 4) is 0 Å². The molecule has 0 aliphatic rings. The maximum Gasteiger partial charge on any atom is 0.469 e. The van der Waals surface area contributed by atoms with E-state index in [2.05, 4.69) is 79.1 Å². The van der Waals surface area contributed by atoms with E-state index in [0.29, 0.717) is 12.8 Å². The fourth-order valence-electron chi connectivity index (χ4n) is 3.95. The first-order valence-corrected chi connectivity index (χ1v) is 18.6. The highest BCUT2D eigenvalue weighted by Gasteiger charge is 2.22. The van der Waals surface area contributed by atoms with Gasteiger partial charge in [0.15, 0.2) is 6.10 Å². The Morgan fingerprint density at radius 1 is 0.574 bits per heavy atom. The molecule has 0 heterocycles. The van der Waals surface area contributed by atoms with Crippen molar-refractivity contribution in [2.75, 3.05) is 13.2 Å². The smallest absolute Gasteiger partial charge is 0.462 e. The quantitative estimate of drug-likeness (QED) is 0.0265. The van der Waals surface area contributed by atoms with Crippen molar-refractivity contribution in [3.05, 3.63) is 97.2 Å². The summed E-state index contributed by atoms with van der Waals surface area (Å²) in [6, 6.07) is 0. The molecule has 0 aromatic heterocycles. The maximum absolute atomic E-state index is 12.3. The third-order valence-electron chi connectivity index (χ3n) is 6.42. The molecule has 47 heavy (non-hydrogen) atoms. The minimum Gasteiger partial charge on any atom is -0.462 e. The molecule has 0 amide bonds. The molecular formula is C38H59O8P. The summed E-state index contributed by atoms with van der Waals surface area (Å²) in [6.07, 6.45) is 44.3. The number of ether oxygens (including phenoxy) is 2. The van der Waals surface area contributed by atoms with Gasteiger partial charge in [0, 0.05) is 12.8 Å². The third kappa shape index (κ3) is 35.7. The summed E-state index contributed by atoms with van der Waals surface area (Å²) in [4.78, 5) is 42.5. The zero-order chi connectivity index (χ0) is 34.7. The Kier molecular flexibility index (Phi) is 30.8.